The number of amides is 1. The fourth-order valence-corrected chi connectivity index (χ4v) is 2.80. The second-order valence-corrected chi connectivity index (χ2v) is 5.06. The predicted molar refractivity (Wildman–Crippen MR) is 71.6 cm³/mol. The molecule has 0 aromatic heterocycles. The summed E-state index contributed by atoms with van der Waals surface area (Å²) in [5.74, 6) is 1.86. The van der Waals surface area contributed by atoms with Crippen molar-refractivity contribution >= 4 is 6.09 Å². The summed E-state index contributed by atoms with van der Waals surface area (Å²) in [6, 6.07) is 9.43. The third-order valence-electron chi connectivity index (χ3n) is 4.01. The zero-order valence-electron chi connectivity index (χ0n) is 11.1. The lowest BCUT2D eigenvalue weighted by Crippen LogP contribution is -2.39. The monoisotopic (exact) mass is 247 g/mol. The number of ether oxygens (including phenoxy) is 1. The molecule has 3 unspecified atom stereocenters. The summed E-state index contributed by atoms with van der Waals surface area (Å²) in [5.41, 5.74) is 0. The Morgan fingerprint density at radius 2 is 2.06 bits per heavy atom. The third kappa shape index (κ3) is 3.03. The van der Waals surface area contributed by atoms with Crippen molar-refractivity contribution in [1.29, 1.82) is 0 Å². The Hall–Kier alpha value is -1.51. The first-order chi connectivity index (χ1) is 8.70. The van der Waals surface area contributed by atoms with Gasteiger partial charge in [-0.15, -0.1) is 0 Å². The highest BCUT2D eigenvalue weighted by atomic mass is 16.6. The molecule has 1 N–H and O–H groups in total. The fraction of sp³-hybridized carbons (Fsp3) is 0.533. The minimum Gasteiger partial charge on any atom is -0.410 e. The first kappa shape index (κ1) is 12.9. The predicted octanol–water partition coefficient (Wildman–Crippen LogP) is 3.60. The largest absolute Gasteiger partial charge is 0.412 e. The van der Waals surface area contributed by atoms with Gasteiger partial charge in [0.05, 0.1) is 0 Å². The van der Waals surface area contributed by atoms with E-state index in [1.807, 2.05) is 18.2 Å². The van der Waals surface area contributed by atoms with E-state index in [2.05, 4.69) is 19.2 Å². The molecule has 0 heterocycles. The molecule has 0 saturated heterocycles. The van der Waals surface area contributed by atoms with Gasteiger partial charge in [0, 0.05) is 6.04 Å². The summed E-state index contributed by atoms with van der Waals surface area (Å²) in [5, 5.41) is 2.98. The number of rotatable bonds is 3. The molecular weight excluding hydrogens is 226 g/mol. The van der Waals surface area contributed by atoms with E-state index in [9.17, 15) is 4.79 Å². The summed E-state index contributed by atoms with van der Waals surface area (Å²) in [6.07, 6.45) is 3.11. The Kier molecular flexibility index (Phi) is 4.24. The van der Waals surface area contributed by atoms with Crippen LogP contribution in [-0.4, -0.2) is 12.1 Å². The van der Waals surface area contributed by atoms with Crippen molar-refractivity contribution in [2.75, 3.05) is 0 Å². The molecule has 0 spiro atoms. The standard InChI is InChI=1S/C15H21NO2/c1-3-12-9-10-14(11(12)2)16-15(17)18-13-7-5-4-6-8-13/h4-8,11-12,14H,3,9-10H2,1-2H3,(H,16,17). The zero-order valence-corrected chi connectivity index (χ0v) is 11.1. The molecule has 1 aromatic carbocycles. The van der Waals surface area contributed by atoms with E-state index in [1.54, 1.807) is 12.1 Å². The maximum atomic E-state index is 11.8. The highest BCUT2D eigenvalue weighted by molar-refractivity contribution is 5.70. The molecule has 0 aliphatic heterocycles. The van der Waals surface area contributed by atoms with Crippen LogP contribution in [0.3, 0.4) is 0 Å². The Morgan fingerprint density at radius 1 is 1.33 bits per heavy atom. The number of carbonyl (C=O) groups excluding carboxylic acids is 1. The van der Waals surface area contributed by atoms with Crippen LogP contribution in [0.5, 0.6) is 5.75 Å². The average Bonchev–Trinajstić information content (AvgIpc) is 2.71. The van der Waals surface area contributed by atoms with Crippen molar-refractivity contribution < 1.29 is 9.53 Å². The topological polar surface area (TPSA) is 38.3 Å². The van der Waals surface area contributed by atoms with Gasteiger partial charge in [0.2, 0.25) is 0 Å². The minimum absolute atomic E-state index is 0.256. The molecule has 1 aromatic rings. The number of carbonyl (C=O) groups is 1. The van der Waals surface area contributed by atoms with Crippen molar-refractivity contribution in [1.82, 2.24) is 5.32 Å². The van der Waals surface area contributed by atoms with Crippen LogP contribution in [0.1, 0.15) is 33.1 Å². The Bertz CT molecular complexity index is 391. The van der Waals surface area contributed by atoms with Crippen molar-refractivity contribution in [3.05, 3.63) is 30.3 Å². The lowest BCUT2D eigenvalue weighted by Gasteiger charge is -2.20. The molecule has 3 heteroatoms. The molecule has 1 amide bonds. The smallest absolute Gasteiger partial charge is 0.410 e. The van der Waals surface area contributed by atoms with Crippen LogP contribution >= 0.6 is 0 Å². The van der Waals surface area contributed by atoms with Gasteiger partial charge < -0.3 is 10.1 Å². The number of benzene rings is 1. The lowest BCUT2D eigenvalue weighted by molar-refractivity contribution is 0.191. The number of nitrogens with one attached hydrogen (secondary N) is 1. The fourth-order valence-electron chi connectivity index (χ4n) is 2.80. The molecule has 3 nitrogen and oxygen atoms in total. The van der Waals surface area contributed by atoms with Gasteiger partial charge in [-0.25, -0.2) is 4.79 Å². The van der Waals surface area contributed by atoms with Gasteiger partial charge in [-0.1, -0.05) is 38.5 Å². The van der Waals surface area contributed by atoms with Crippen molar-refractivity contribution in [2.45, 2.75) is 39.2 Å². The molecule has 1 aliphatic rings. The van der Waals surface area contributed by atoms with Gasteiger partial charge >= 0.3 is 6.09 Å². The molecule has 0 bridgehead atoms. The van der Waals surface area contributed by atoms with Crippen LogP contribution in [0.2, 0.25) is 0 Å². The van der Waals surface area contributed by atoms with E-state index in [0.717, 1.165) is 12.3 Å². The Labute approximate surface area is 109 Å². The highest BCUT2D eigenvalue weighted by Crippen LogP contribution is 2.33. The van der Waals surface area contributed by atoms with Crippen molar-refractivity contribution in [2.24, 2.45) is 11.8 Å². The molecule has 1 saturated carbocycles. The van der Waals surface area contributed by atoms with E-state index < -0.39 is 0 Å². The van der Waals surface area contributed by atoms with Gasteiger partial charge in [-0.3, -0.25) is 0 Å². The van der Waals surface area contributed by atoms with Crippen molar-refractivity contribution in [3.8, 4) is 5.75 Å². The third-order valence-corrected chi connectivity index (χ3v) is 4.01. The molecule has 3 atom stereocenters. The maximum Gasteiger partial charge on any atom is 0.412 e. The number of para-hydroxylation sites is 1. The lowest BCUT2D eigenvalue weighted by atomic mass is 9.94. The summed E-state index contributed by atoms with van der Waals surface area (Å²) in [6.45, 7) is 4.43. The quantitative estimate of drug-likeness (QED) is 0.886. The second-order valence-electron chi connectivity index (χ2n) is 5.06. The van der Waals surface area contributed by atoms with E-state index >= 15 is 0 Å². The maximum absolute atomic E-state index is 11.8. The van der Waals surface area contributed by atoms with Crippen molar-refractivity contribution in [3.63, 3.8) is 0 Å². The molecule has 1 fully saturated rings. The van der Waals surface area contributed by atoms with Gasteiger partial charge in [0.1, 0.15) is 5.75 Å². The zero-order chi connectivity index (χ0) is 13.0. The van der Waals surface area contributed by atoms with Crippen LogP contribution in [0.4, 0.5) is 4.79 Å². The number of hydrogen-bond acceptors (Lipinski definition) is 2. The molecule has 1 aliphatic carbocycles. The first-order valence-corrected chi connectivity index (χ1v) is 6.74. The SMILES string of the molecule is CCC1CCC(NC(=O)Oc2ccccc2)C1C. The van der Waals surface area contributed by atoms with Gasteiger partial charge in [-0.2, -0.15) is 0 Å². The summed E-state index contributed by atoms with van der Waals surface area (Å²) >= 11 is 0. The molecule has 0 radical (unpaired) electrons. The van der Waals surface area contributed by atoms with E-state index in [1.165, 1.54) is 12.8 Å². The number of hydrogen-bond donors (Lipinski definition) is 1. The molecule has 2 rings (SSSR count). The summed E-state index contributed by atoms with van der Waals surface area (Å²) in [7, 11) is 0. The molecular formula is C15H21NO2. The van der Waals surface area contributed by atoms with Crippen LogP contribution in [-0.2, 0) is 0 Å². The van der Waals surface area contributed by atoms with Gasteiger partial charge in [0.25, 0.3) is 0 Å². The molecule has 18 heavy (non-hydrogen) atoms. The first-order valence-electron chi connectivity index (χ1n) is 6.74. The Balaban J connectivity index is 1.85. The second kappa shape index (κ2) is 5.89. The summed E-state index contributed by atoms with van der Waals surface area (Å²) < 4.78 is 5.24. The van der Waals surface area contributed by atoms with E-state index in [0.29, 0.717) is 11.7 Å². The summed E-state index contributed by atoms with van der Waals surface area (Å²) in [4.78, 5) is 11.8. The average molecular weight is 247 g/mol. The van der Waals surface area contributed by atoms with E-state index in [-0.39, 0.29) is 12.1 Å². The highest BCUT2D eigenvalue weighted by Gasteiger charge is 2.32. The normalized spacial score (nSPS) is 26.9. The molecule has 98 valence electrons. The van der Waals surface area contributed by atoms with Gasteiger partial charge in [0.15, 0.2) is 0 Å². The van der Waals surface area contributed by atoms with Crippen LogP contribution in [0.25, 0.3) is 0 Å². The van der Waals surface area contributed by atoms with Crippen LogP contribution < -0.4 is 10.1 Å². The minimum atomic E-state index is -0.338. The van der Waals surface area contributed by atoms with Crippen LogP contribution in [0, 0.1) is 11.8 Å². The van der Waals surface area contributed by atoms with E-state index in [4.69, 9.17) is 4.74 Å². The Morgan fingerprint density at radius 3 is 2.67 bits per heavy atom. The van der Waals surface area contributed by atoms with Gasteiger partial charge in [-0.05, 0) is 36.8 Å². The van der Waals surface area contributed by atoms with Crippen LogP contribution in [0.15, 0.2) is 30.3 Å².